The zero-order valence-electron chi connectivity index (χ0n) is 20.9. The number of benzene rings is 2. The van der Waals surface area contributed by atoms with E-state index >= 15 is 0 Å². The maximum atomic E-state index is 6.15. The normalized spacial score (nSPS) is 15.6. The SMILES string of the molecule is C=CCC(N=C1NC=C/C1=C(/C)Oc1cccc(NC(=C)C=C)c1)Nc1ccc(OCCOC)cc1. The number of anilines is 2. The Morgan fingerprint density at radius 2 is 1.89 bits per heavy atom. The minimum atomic E-state index is -0.217. The van der Waals surface area contributed by atoms with Gasteiger partial charge in [0.25, 0.3) is 0 Å². The first kappa shape index (κ1) is 26.4. The highest BCUT2D eigenvalue weighted by Gasteiger charge is 2.17. The lowest BCUT2D eigenvalue weighted by atomic mass is 10.2. The van der Waals surface area contributed by atoms with Gasteiger partial charge in [-0.2, -0.15) is 0 Å². The lowest BCUT2D eigenvalue weighted by Gasteiger charge is -2.17. The molecule has 188 valence electrons. The average molecular weight is 487 g/mol. The third-order valence-corrected chi connectivity index (χ3v) is 5.18. The van der Waals surface area contributed by atoms with Crippen LogP contribution in [-0.2, 0) is 4.74 Å². The summed E-state index contributed by atoms with van der Waals surface area (Å²) in [5.74, 6) is 2.94. The number of rotatable bonds is 14. The number of hydrogen-bond acceptors (Lipinski definition) is 6. The topological polar surface area (TPSA) is 76.1 Å². The maximum absolute atomic E-state index is 6.15. The Labute approximate surface area is 213 Å². The smallest absolute Gasteiger partial charge is 0.138 e. The molecule has 0 spiro atoms. The van der Waals surface area contributed by atoms with Gasteiger partial charge in [0.1, 0.15) is 35.9 Å². The molecule has 0 radical (unpaired) electrons. The maximum Gasteiger partial charge on any atom is 0.138 e. The molecule has 0 saturated carbocycles. The van der Waals surface area contributed by atoms with E-state index in [0.717, 1.165) is 34.3 Å². The number of nitrogens with one attached hydrogen (secondary N) is 3. The highest BCUT2D eigenvalue weighted by Crippen LogP contribution is 2.24. The third-order valence-electron chi connectivity index (χ3n) is 5.18. The van der Waals surface area contributed by atoms with Gasteiger partial charge in [0.2, 0.25) is 0 Å². The molecule has 0 aliphatic carbocycles. The fourth-order valence-corrected chi connectivity index (χ4v) is 3.40. The summed E-state index contributed by atoms with van der Waals surface area (Å²) in [7, 11) is 1.65. The van der Waals surface area contributed by atoms with Crippen molar-refractivity contribution in [1.82, 2.24) is 5.32 Å². The van der Waals surface area contributed by atoms with Gasteiger partial charge in [0.05, 0.1) is 12.2 Å². The molecule has 1 aliphatic heterocycles. The predicted molar refractivity (Wildman–Crippen MR) is 148 cm³/mol. The Morgan fingerprint density at radius 1 is 1.08 bits per heavy atom. The van der Waals surface area contributed by atoms with Crippen molar-refractivity contribution in [3.63, 3.8) is 0 Å². The fourth-order valence-electron chi connectivity index (χ4n) is 3.40. The van der Waals surface area contributed by atoms with Crippen LogP contribution in [0.15, 0.2) is 115 Å². The largest absolute Gasteiger partial charge is 0.491 e. The summed E-state index contributed by atoms with van der Waals surface area (Å²) in [4.78, 5) is 4.90. The Hall–Kier alpha value is -4.23. The van der Waals surface area contributed by atoms with E-state index in [1.807, 2.05) is 73.8 Å². The van der Waals surface area contributed by atoms with Gasteiger partial charge in [-0.25, -0.2) is 4.99 Å². The monoisotopic (exact) mass is 486 g/mol. The van der Waals surface area contributed by atoms with Crippen molar-refractivity contribution in [2.45, 2.75) is 19.5 Å². The van der Waals surface area contributed by atoms with Crippen molar-refractivity contribution in [2.75, 3.05) is 31.0 Å². The van der Waals surface area contributed by atoms with Crippen LogP contribution < -0.4 is 25.4 Å². The molecule has 0 saturated heterocycles. The van der Waals surface area contributed by atoms with Crippen LogP contribution in [0.3, 0.4) is 0 Å². The minimum absolute atomic E-state index is 0.217. The summed E-state index contributed by atoms with van der Waals surface area (Å²) in [6, 6.07) is 15.4. The molecule has 1 heterocycles. The Bertz CT molecular complexity index is 1150. The first-order valence-electron chi connectivity index (χ1n) is 11.7. The first-order chi connectivity index (χ1) is 17.5. The van der Waals surface area contributed by atoms with Gasteiger partial charge in [0, 0.05) is 42.9 Å². The van der Waals surface area contributed by atoms with E-state index < -0.39 is 0 Å². The van der Waals surface area contributed by atoms with Crippen molar-refractivity contribution < 1.29 is 14.2 Å². The molecule has 1 unspecified atom stereocenters. The first-order valence-corrected chi connectivity index (χ1v) is 11.7. The van der Waals surface area contributed by atoms with Crippen LogP contribution in [0.1, 0.15) is 13.3 Å². The van der Waals surface area contributed by atoms with Gasteiger partial charge in [0.15, 0.2) is 0 Å². The molecule has 3 rings (SSSR count). The lowest BCUT2D eigenvalue weighted by molar-refractivity contribution is 0.146. The van der Waals surface area contributed by atoms with E-state index in [1.165, 1.54) is 0 Å². The van der Waals surface area contributed by atoms with E-state index in [1.54, 1.807) is 13.2 Å². The van der Waals surface area contributed by atoms with E-state index in [9.17, 15) is 0 Å². The van der Waals surface area contributed by atoms with E-state index in [-0.39, 0.29) is 6.17 Å². The lowest BCUT2D eigenvalue weighted by Crippen LogP contribution is -2.23. The number of allylic oxidation sites excluding steroid dienone is 2. The molecule has 0 bridgehead atoms. The molecule has 0 aromatic heterocycles. The quantitative estimate of drug-likeness (QED) is 0.131. The summed E-state index contributed by atoms with van der Waals surface area (Å²) in [6.07, 6.45) is 7.74. The molecule has 1 atom stereocenters. The molecule has 0 amide bonds. The second-order valence-electron chi connectivity index (χ2n) is 7.96. The zero-order valence-corrected chi connectivity index (χ0v) is 20.9. The standard InChI is InChI=1S/C29H34N4O3/c1-6-9-28(32-23-12-14-25(15-13-23)35-19-18-34-5)33-29-27(16-17-30-29)22(4)36-26-11-8-10-24(20-26)31-21(3)7-2/h6-8,10-17,20,28,31-32H,1-3,9,18-19H2,4-5H3,(H,30,33)/b27-22+. The van der Waals surface area contributed by atoms with Gasteiger partial charge in [-0.15, -0.1) is 6.58 Å². The number of amidine groups is 1. The number of methoxy groups -OCH3 is 1. The number of ether oxygens (including phenoxy) is 3. The van der Waals surface area contributed by atoms with Crippen molar-refractivity contribution in [3.8, 4) is 11.5 Å². The van der Waals surface area contributed by atoms with Gasteiger partial charge in [-0.1, -0.05) is 25.3 Å². The van der Waals surface area contributed by atoms with E-state index in [0.29, 0.717) is 31.1 Å². The van der Waals surface area contributed by atoms with Crippen LogP contribution >= 0.6 is 0 Å². The van der Waals surface area contributed by atoms with Gasteiger partial charge in [-0.05, 0) is 55.5 Å². The van der Waals surface area contributed by atoms with Crippen molar-refractivity contribution in [3.05, 3.63) is 110 Å². The molecule has 0 fully saturated rings. The van der Waals surface area contributed by atoms with Gasteiger partial charge >= 0.3 is 0 Å². The number of aliphatic imine (C=N–C) groups is 1. The number of hydrogen-bond donors (Lipinski definition) is 3. The highest BCUT2D eigenvalue weighted by molar-refractivity contribution is 6.04. The Kier molecular flexibility index (Phi) is 9.97. The zero-order chi connectivity index (χ0) is 25.8. The molecule has 1 aliphatic rings. The molecule has 36 heavy (non-hydrogen) atoms. The van der Waals surface area contributed by atoms with Crippen LogP contribution in [0.5, 0.6) is 11.5 Å². The van der Waals surface area contributed by atoms with Crippen LogP contribution in [0.25, 0.3) is 0 Å². The minimum Gasteiger partial charge on any atom is -0.491 e. The summed E-state index contributed by atoms with van der Waals surface area (Å²) in [5.41, 5.74) is 3.39. The van der Waals surface area contributed by atoms with Crippen LogP contribution in [0.2, 0.25) is 0 Å². The summed E-state index contributed by atoms with van der Waals surface area (Å²) < 4.78 is 16.8. The molecular formula is C29H34N4O3. The van der Waals surface area contributed by atoms with Crippen molar-refractivity contribution >= 4 is 17.2 Å². The van der Waals surface area contributed by atoms with Gasteiger partial charge in [-0.3, -0.25) is 0 Å². The van der Waals surface area contributed by atoms with Gasteiger partial charge < -0.3 is 30.2 Å². The van der Waals surface area contributed by atoms with Crippen molar-refractivity contribution in [1.29, 1.82) is 0 Å². The van der Waals surface area contributed by atoms with Crippen LogP contribution in [0.4, 0.5) is 11.4 Å². The van der Waals surface area contributed by atoms with E-state index in [4.69, 9.17) is 19.2 Å². The summed E-state index contributed by atoms with van der Waals surface area (Å²) >= 11 is 0. The molecule has 3 N–H and O–H groups in total. The summed E-state index contributed by atoms with van der Waals surface area (Å²) in [5, 5.41) is 9.84. The van der Waals surface area contributed by atoms with Crippen molar-refractivity contribution in [2.24, 2.45) is 4.99 Å². The molecule has 2 aromatic rings. The van der Waals surface area contributed by atoms with Crippen LogP contribution in [-0.4, -0.2) is 32.3 Å². The predicted octanol–water partition coefficient (Wildman–Crippen LogP) is 6.01. The second kappa shape index (κ2) is 13.6. The molecule has 7 heteroatoms. The highest BCUT2D eigenvalue weighted by atomic mass is 16.5. The summed E-state index contributed by atoms with van der Waals surface area (Å²) in [6.45, 7) is 14.5. The fraction of sp³-hybridized carbons (Fsp3) is 0.207. The Balaban J connectivity index is 1.72. The van der Waals surface area contributed by atoms with Crippen LogP contribution in [0, 0.1) is 0 Å². The molecular weight excluding hydrogens is 452 g/mol. The van der Waals surface area contributed by atoms with E-state index in [2.05, 4.69) is 35.7 Å². The second-order valence-corrected chi connectivity index (χ2v) is 7.96. The Morgan fingerprint density at radius 3 is 2.61 bits per heavy atom. The molecule has 7 nitrogen and oxygen atoms in total. The third kappa shape index (κ3) is 7.92. The average Bonchev–Trinajstić information content (AvgIpc) is 3.34. The number of nitrogens with zero attached hydrogens (tertiary/aromatic N) is 1. The molecule has 2 aromatic carbocycles.